The molecule has 1 aromatic carbocycles. The number of allylic oxidation sites excluding steroid dienone is 3. The molecule has 1 unspecified atom stereocenters. The number of aliphatic hydroxyl groups is 2. The summed E-state index contributed by atoms with van der Waals surface area (Å²) in [5.41, 5.74) is -0.386. The number of carbonyl (C=O) groups excluding carboxylic acids is 3. The van der Waals surface area contributed by atoms with Gasteiger partial charge in [-0.2, -0.15) is 0 Å². The molecule has 0 spiro atoms. The topological polar surface area (TPSA) is 110 Å². The monoisotopic (exact) mass is 318 g/mol. The molecular weight excluding hydrogens is 304 g/mol. The highest BCUT2D eigenvalue weighted by Crippen LogP contribution is 2.28. The number of rotatable bonds is 6. The highest BCUT2D eigenvalue weighted by molar-refractivity contribution is 6.47. The Kier molecular flexibility index (Phi) is 4.92. The number of hydrogen-bond donors (Lipinski definition) is 2. The minimum absolute atomic E-state index is 0.213. The van der Waals surface area contributed by atoms with E-state index in [0.717, 1.165) is 6.08 Å². The molecule has 0 aromatic heterocycles. The highest BCUT2D eigenvalue weighted by Gasteiger charge is 2.30. The molecule has 0 aliphatic heterocycles. The largest absolute Gasteiger partial charge is 0.507 e. The van der Waals surface area contributed by atoms with E-state index in [1.807, 2.05) is 0 Å². The van der Waals surface area contributed by atoms with Crippen molar-refractivity contribution in [2.45, 2.75) is 6.10 Å². The van der Waals surface area contributed by atoms with E-state index in [-0.39, 0.29) is 11.3 Å². The summed E-state index contributed by atoms with van der Waals surface area (Å²) >= 11 is 0. The first-order valence-corrected chi connectivity index (χ1v) is 6.63. The van der Waals surface area contributed by atoms with Crippen LogP contribution in [0.15, 0.2) is 47.7 Å². The van der Waals surface area contributed by atoms with Gasteiger partial charge in [-0.1, -0.05) is 12.1 Å². The summed E-state index contributed by atoms with van der Waals surface area (Å²) in [5.74, 6) is -2.76. The first-order chi connectivity index (χ1) is 11.0. The van der Waals surface area contributed by atoms with Gasteiger partial charge in [0.2, 0.25) is 17.3 Å². The Hall–Kier alpha value is -2.93. The van der Waals surface area contributed by atoms with Crippen molar-refractivity contribution < 1.29 is 34.1 Å². The zero-order valence-corrected chi connectivity index (χ0v) is 12.2. The summed E-state index contributed by atoms with van der Waals surface area (Å²) in [4.78, 5) is 34.9. The Labute approximate surface area is 131 Å². The van der Waals surface area contributed by atoms with Gasteiger partial charge in [0.25, 0.3) is 0 Å². The number of para-hydroxylation sites is 2. The molecule has 2 rings (SSSR count). The van der Waals surface area contributed by atoms with Crippen LogP contribution in [0, 0.1) is 0 Å². The predicted molar refractivity (Wildman–Crippen MR) is 78.3 cm³/mol. The third-order valence-corrected chi connectivity index (χ3v) is 3.12. The standard InChI is InChI=1S/C16H14O7/c1-22-13-4-2-3-5-14(13)23-15(8-17)16(21)9-6-11(19)12(20)7-10(9)18/h2-7,15,17-18H,8H2,1H3. The Morgan fingerprint density at radius 1 is 1.13 bits per heavy atom. The van der Waals surface area contributed by atoms with E-state index in [2.05, 4.69) is 0 Å². The Morgan fingerprint density at radius 3 is 2.35 bits per heavy atom. The van der Waals surface area contributed by atoms with Gasteiger partial charge in [-0.05, 0) is 12.1 Å². The Balaban J connectivity index is 2.26. The molecule has 0 radical (unpaired) electrons. The van der Waals surface area contributed by atoms with Gasteiger partial charge in [-0.3, -0.25) is 14.4 Å². The van der Waals surface area contributed by atoms with Gasteiger partial charge in [0.05, 0.1) is 19.3 Å². The number of carbonyl (C=O) groups is 3. The average molecular weight is 318 g/mol. The summed E-state index contributed by atoms with van der Waals surface area (Å²) in [5, 5.41) is 19.1. The number of aliphatic hydroxyl groups excluding tert-OH is 2. The van der Waals surface area contributed by atoms with Gasteiger partial charge >= 0.3 is 0 Å². The lowest BCUT2D eigenvalue weighted by Gasteiger charge is -2.19. The van der Waals surface area contributed by atoms with Gasteiger partial charge in [0.1, 0.15) is 5.76 Å². The van der Waals surface area contributed by atoms with Crippen LogP contribution in [-0.4, -0.2) is 47.4 Å². The molecule has 7 heteroatoms. The molecule has 1 aromatic rings. The molecule has 1 atom stereocenters. The number of Topliss-reactive ketones (excluding diaryl/α,β-unsaturated/α-hetero) is 1. The molecule has 0 bridgehead atoms. The fourth-order valence-electron chi connectivity index (χ4n) is 1.96. The van der Waals surface area contributed by atoms with Crippen LogP contribution in [0.5, 0.6) is 11.5 Å². The first kappa shape index (κ1) is 16.4. The summed E-state index contributed by atoms with van der Waals surface area (Å²) in [6.07, 6.45) is 0.0237. The number of ether oxygens (including phenoxy) is 2. The first-order valence-electron chi connectivity index (χ1n) is 6.63. The minimum Gasteiger partial charge on any atom is -0.507 e. The molecule has 7 nitrogen and oxygen atoms in total. The second-order valence-corrected chi connectivity index (χ2v) is 4.62. The molecule has 0 fully saturated rings. The van der Waals surface area contributed by atoms with E-state index in [9.17, 15) is 24.6 Å². The number of benzene rings is 1. The van der Waals surface area contributed by atoms with Gasteiger partial charge in [-0.25, -0.2) is 0 Å². The molecule has 0 saturated carbocycles. The number of hydrogen-bond acceptors (Lipinski definition) is 7. The third-order valence-electron chi connectivity index (χ3n) is 3.12. The van der Waals surface area contributed by atoms with Crippen molar-refractivity contribution >= 4 is 17.3 Å². The number of methoxy groups -OCH3 is 1. The average Bonchev–Trinajstić information content (AvgIpc) is 2.55. The SMILES string of the molecule is COc1ccccc1OC(CO)C(=O)C1=CC(=O)C(=O)C=C1O. The van der Waals surface area contributed by atoms with Crippen LogP contribution < -0.4 is 9.47 Å². The second-order valence-electron chi connectivity index (χ2n) is 4.62. The van der Waals surface area contributed by atoms with Crippen LogP contribution in [0.1, 0.15) is 0 Å². The van der Waals surface area contributed by atoms with Crippen molar-refractivity contribution in [2.75, 3.05) is 13.7 Å². The molecular formula is C16H14O7. The van der Waals surface area contributed by atoms with Crippen LogP contribution >= 0.6 is 0 Å². The number of ketones is 3. The van der Waals surface area contributed by atoms with E-state index in [0.29, 0.717) is 11.8 Å². The zero-order valence-electron chi connectivity index (χ0n) is 12.2. The zero-order chi connectivity index (χ0) is 17.0. The molecule has 0 heterocycles. The van der Waals surface area contributed by atoms with Crippen molar-refractivity contribution in [2.24, 2.45) is 0 Å². The van der Waals surface area contributed by atoms with Gasteiger partial charge in [0.15, 0.2) is 17.6 Å². The molecule has 1 aliphatic carbocycles. The van der Waals surface area contributed by atoms with Gasteiger partial charge < -0.3 is 19.7 Å². The van der Waals surface area contributed by atoms with E-state index >= 15 is 0 Å². The lowest BCUT2D eigenvalue weighted by molar-refractivity contribution is -0.131. The fraction of sp³-hybridized carbons (Fsp3) is 0.188. The maximum Gasteiger partial charge on any atom is 0.229 e. The summed E-state index contributed by atoms with van der Waals surface area (Å²) in [6, 6.07) is 6.49. The van der Waals surface area contributed by atoms with E-state index in [1.165, 1.54) is 13.2 Å². The molecule has 0 amide bonds. The van der Waals surface area contributed by atoms with Crippen molar-refractivity contribution in [3.63, 3.8) is 0 Å². The highest BCUT2D eigenvalue weighted by atomic mass is 16.5. The van der Waals surface area contributed by atoms with E-state index < -0.39 is 35.8 Å². The summed E-state index contributed by atoms with van der Waals surface area (Å²) in [6.45, 7) is -0.691. The van der Waals surface area contributed by atoms with Crippen LogP contribution in [0.4, 0.5) is 0 Å². The second kappa shape index (κ2) is 6.89. The summed E-state index contributed by atoms with van der Waals surface area (Å²) < 4.78 is 10.5. The quantitative estimate of drug-likeness (QED) is 0.581. The van der Waals surface area contributed by atoms with Gasteiger partial charge in [-0.15, -0.1) is 0 Å². The van der Waals surface area contributed by atoms with Crippen LogP contribution in [0.3, 0.4) is 0 Å². The lowest BCUT2D eigenvalue weighted by Crippen LogP contribution is -2.34. The maximum atomic E-state index is 12.3. The minimum atomic E-state index is -1.37. The fourth-order valence-corrected chi connectivity index (χ4v) is 1.96. The van der Waals surface area contributed by atoms with E-state index in [4.69, 9.17) is 9.47 Å². The van der Waals surface area contributed by atoms with Crippen LogP contribution in [-0.2, 0) is 14.4 Å². The maximum absolute atomic E-state index is 12.3. The van der Waals surface area contributed by atoms with Crippen molar-refractivity contribution in [3.8, 4) is 11.5 Å². The molecule has 120 valence electrons. The Morgan fingerprint density at radius 2 is 1.74 bits per heavy atom. The third kappa shape index (κ3) is 3.46. The van der Waals surface area contributed by atoms with Crippen molar-refractivity contribution in [3.05, 3.63) is 47.7 Å². The molecule has 2 N–H and O–H groups in total. The Bertz CT molecular complexity index is 715. The van der Waals surface area contributed by atoms with Crippen LogP contribution in [0.2, 0.25) is 0 Å². The van der Waals surface area contributed by atoms with E-state index in [1.54, 1.807) is 18.2 Å². The normalized spacial score (nSPS) is 15.6. The molecule has 0 saturated heterocycles. The smallest absolute Gasteiger partial charge is 0.229 e. The molecule has 1 aliphatic rings. The van der Waals surface area contributed by atoms with Gasteiger partial charge in [0, 0.05) is 12.2 Å². The lowest BCUT2D eigenvalue weighted by atomic mass is 9.97. The van der Waals surface area contributed by atoms with Crippen molar-refractivity contribution in [1.82, 2.24) is 0 Å². The van der Waals surface area contributed by atoms with Crippen molar-refractivity contribution in [1.29, 1.82) is 0 Å². The van der Waals surface area contributed by atoms with Crippen LogP contribution in [0.25, 0.3) is 0 Å². The summed E-state index contributed by atoms with van der Waals surface area (Å²) in [7, 11) is 1.42. The predicted octanol–water partition coefficient (Wildman–Crippen LogP) is 0.524. The molecule has 23 heavy (non-hydrogen) atoms.